The summed E-state index contributed by atoms with van der Waals surface area (Å²) in [6.45, 7) is 7.27. The Labute approximate surface area is 115 Å². The van der Waals surface area contributed by atoms with E-state index in [0.29, 0.717) is 0 Å². The predicted molar refractivity (Wildman–Crippen MR) is 83.6 cm³/mol. The van der Waals surface area contributed by atoms with Crippen molar-refractivity contribution in [2.24, 2.45) is 0 Å². The Balaban J connectivity index is 2.25. The number of para-hydroxylation sites is 1. The van der Waals surface area contributed by atoms with Crippen molar-refractivity contribution in [2.45, 2.75) is 27.3 Å². The van der Waals surface area contributed by atoms with E-state index in [1.54, 1.807) is 0 Å². The molecule has 0 saturated carbocycles. The third kappa shape index (κ3) is 2.90. The van der Waals surface area contributed by atoms with Crippen molar-refractivity contribution in [3.05, 3.63) is 58.7 Å². The highest BCUT2D eigenvalue weighted by Gasteiger charge is 2.09. The van der Waals surface area contributed by atoms with Gasteiger partial charge in [0.25, 0.3) is 0 Å². The zero-order valence-corrected chi connectivity index (χ0v) is 12.2. The van der Waals surface area contributed by atoms with Crippen molar-refractivity contribution < 1.29 is 0 Å². The number of hydrogen-bond acceptors (Lipinski definition) is 2. The average molecular weight is 254 g/mol. The molecule has 0 unspecified atom stereocenters. The molecule has 2 heteroatoms. The molecule has 0 amide bonds. The van der Waals surface area contributed by atoms with E-state index in [1.165, 1.54) is 22.3 Å². The highest BCUT2D eigenvalue weighted by molar-refractivity contribution is 5.71. The molecule has 2 aromatic rings. The van der Waals surface area contributed by atoms with Gasteiger partial charge in [-0.3, -0.25) is 0 Å². The molecular weight excluding hydrogens is 232 g/mol. The van der Waals surface area contributed by atoms with Gasteiger partial charge in [-0.15, -0.1) is 0 Å². The molecule has 0 heterocycles. The van der Waals surface area contributed by atoms with Crippen molar-refractivity contribution in [2.75, 3.05) is 17.7 Å². The van der Waals surface area contributed by atoms with Crippen LogP contribution in [-0.4, -0.2) is 7.05 Å². The first-order valence-corrected chi connectivity index (χ1v) is 6.61. The maximum Gasteiger partial charge on any atom is 0.0630 e. The summed E-state index contributed by atoms with van der Waals surface area (Å²) in [7, 11) is 2.09. The third-order valence-electron chi connectivity index (χ3n) is 3.64. The number of aryl methyl sites for hydroxylation is 3. The maximum absolute atomic E-state index is 6.09. The van der Waals surface area contributed by atoms with E-state index < -0.39 is 0 Å². The summed E-state index contributed by atoms with van der Waals surface area (Å²) in [6.07, 6.45) is 0. The lowest BCUT2D eigenvalue weighted by molar-refractivity contribution is 0.916. The largest absolute Gasteiger partial charge is 0.397 e. The van der Waals surface area contributed by atoms with Gasteiger partial charge in [0.2, 0.25) is 0 Å². The molecule has 2 aromatic carbocycles. The molecule has 0 bridgehead atoms. The fourth-order valence-electron chi connectivity index (χ4n) is 2.46. The molecule has 2 nitrogen and oxygen atoms in total. The number of hydrogen-bond donors (Lipinski definition) is 1. The molecule has 0 spiro atoms. The number of rotatable bonds is 3. The van der Waals surface area contributed by atoms with Crippen LogP contribution in [0.15, 0.2) is 36.4 Å². The molecule has 0 aliphatic heterocycles. The van der Waals surface area contributed by atoms with Crippen LogP contribution in [0.1, 0.15) is 22.3 Å². The van der Waals surface area contributed by atoms with Gasteiger partial charge in [0.05, 0.1) is 11.4 Å². The maximum atomic E-state index is 6.09. The zero-order chi connectivity index (χ0) is 14.0. The van der Waals surface area contributed by atoms with Crippen LogP contribution in [0.5, 0.6) is 0 Å². The summed E-state index contributed by atoms with van der Waals surface area (Å²) in [4.78, 5) is 2.22. The number of anilines is 2. The van der Waals surface area contributed by atoms with E-state index >= 15 is 0 Å². The van der Waals surface area contributed by atoms with E-state index in [9.17, 15) is 0 Å². The highest BCUT2D eigenvalue weighted by atomic mass is 15.1. The molecular formula is C17H22N2. The monoisotopic (exact) mass is 254 g/mol. The van der Waals surface area contributed by atoms with Crippen molar-refractivity contribution in [1.82, 2.24) is 0 Å². The van der Waals surface area contributed by atoms with Crippen molar-refractivity contribution in [3.8, 4) is 0 Å². The van der Waals surface area contributed by atoms with Crippen LogP contribution in [0.3, 0.4) is 0 Å². The van der Waals surface area contributed by atoms with E-state index in [2.05, 4.69) is 57.0 Å². The molecule has 0 aliphatic rings. The summed E-state index contributed by atoms with van der Waals surface area (Å²) in [5.41, 5.74) is 13.3. The average Bonchev–Trinajstić information content (AvgIpc) is 2.33. The second-order valence-electron chi connectivity index (χ2n) is 5.29. The predicted octanol–water partition coefficient (Wildman–Crippen LogP) is 3.83. The molecule has 0 radical (unpaired) electrons. The quantitative estimate of drug-likeness (QED) is 0.843. The van der Waals surface area contributed by atoms with Crippen LogP contribution >= 0.6 is 0 Å². The van der Waals surface area contributed by atoms with E-state index in [4.69, 9.17) is 5.73 Å². The van der Waals surface area contributed by atoms with Crippen molar-refractivity contribution in [1.29, 1.82) is 0 Å². The van der Waals surface area contributed by atoms with Gasteiger partial charge in [0.15, 0.2) is 0 Å². The van der Waals surface area contributed by atoms with Gasteiger partial charge in [-0.1, -0.05) is 30.3 Å². The Morgan fingerprint density at radius 1 is 0.947 bits per heavy atom. The Kier molecular flexibility index (Phi) is 3.79. The Morgan fingerprint density at radius 3 is 2.32 bits per heavy atom. The van der Waals surface area contributed by atoms with Gasteiger partial charge in [-0.25, -0.2) is 0 Å². The molecule has 0 fully saturated rings. The van der Waals surface area contributed by atoms with Gasteiger partial charge in [-0.2, -0.15) is 0 Å². The lowest BCUT2D eigenvalue weighted by Crippen LogP contribution is -2.19. The summed E-state index contributed by atoms with van der Waals surface area (Å²) >= 11 is 0. The number of nitrogen functional groups attached to an aromatic ring is 1. The van der Waals surface area contributed by atoms with E-state index in [-0.39, 0.29) is 0 Å². The lowest BCUT2D eigenvalue weighted by Gasteiger charge is -2.23. The number of nitrogens with zero attached hydrogens (tertiary/aromatic N) is 1. The topological polar surface area (TPSA) is 29.3 Å². The molecule has 0 saturated heterocycles. The van der Waals surface area contributed by atoms with Gasteiger partial charge >= 0.3 is 0 Å². The minimum absolute atomic E-state index is 0.839. The smallest absolute Gasteiger partial charge is 0.0630 e. The first kappa shape index (κ1) is 13.5. The van der Waals surface area contributed by atoms with E-state index in [1.807, 2.05) is 12.1 Å². The first-order valence-electron chi connectivity index (χ1n) is 6.61. The third-order valence-corrected chi connectivity index (χ3v) is 3.64. The van der Waals surface area contributed by atoms with Crippen LogP contribution in [0.2, 0.25) is 0 Å². The van der Waals surface area contributed by atoms with Crippen molar-refractivity contribution >= 4 is 11.4 Å². The molecule has 0 aromatic heterocycles. The summed E-state index contributed by atoms with van der Waals surface area (Å²) in [5, 5.41) is 0. The minimum atomic E-state index is 0.839. The van der Waals surface area contributed by atoms with Crippen LogP contribution < -0.4 is 10.6 Å². The molecule has 100 valence electrons. The number of benzene rings is 2. The fourth-order valence-corrected chi connectivity index (χ4v) is 2.46. The molecule has 0 atom stereocenters. The van der Waals surface area contributed by atoms with Gasteiger partial charge < -0.3 is 10.6 Å². The van der Waals surface area contributed by atoms with Crippen LogP contribution in [0, 0.1) is 20.8 Å². The van der Waals surface area contributed by atoms with Crippen LogP contribution in [0.25, 0.3) is 0 Å². The molecule has 19 heavy (non-hydrogen) atoms. The highest BCUT2D eigenvalue weighted by Crippen LogP contribution is 2.27. The Bertz CT molecular complexity index is 568. The van der Waals surface area contributed by atoms with Gasteiger partial charge in [0.1, 0.15) is 0 Å². The number of nitrogens with two attached hydrogens (primary N) is 1. The molecule has 0 aliphatic carbocycles. The summed E-state index contributed by atoms with van der Waals surface area (Å²) in [5.74, 6) is 0. The summed E-state index contributed by atoms with van der Waals surface area (Å²) in [6, 6.07) is 12.7. The second kappa shape index (κ2) is 5.35. The van der Waals surface area contributed by atoms with Crippen molar-refractivity contribution in [3.63, 3.8) is 0 Å². The Morgan fingerprint density at radius 2 is 1.68 bits per heavy atom. The minimum Gasteiger partial charge on any atom is -0.397 e. The molecule has 2 N–H and O–H groups in total. The second-order valence-corrected chi connectivity index (χ2v) is 5.29. The molecule has 2 rings (SSSR count). The fraction of sp³-hybridized carbons (Fsp3) is 0.294. The van der Waals surface area contributed by atoms with E-state index in [0.717, 1.165) is 17.9 Å². The zero-order valence-electron chi connectivity index (χ0n) is 12.2. The van der Waals surface area contributed by atoms with Gasteiger partial charge in [0, 0.05) is 13.6 Å². The Hall–Kier alpha value is -1.96. The first-order chi connectivity index (χ1) is 8.99. The van der Waals surface area contributed by atoms with Gasteiger partial charge in [-0.05, 0) is 49.1 Å². The SMILES string of the molecule is Cc1ccc(CN(C)c2c(C)cccc2N)cc1C. The van der Waals surface area contributed by atoms with Crippen LogP contribution in [0.4, 0.5) is 11.4 Å². The van der Waals surface area contributed by atoms with Crippen LogP contribution in [-0.2, 0) is 6.54 Å². The summed E-state index contributed by atoms with van der Waals surface area (Å²) < 4.78 is 0. The standard InChI is InChI=1S/C17H22N2/c1-12-8-9-15(10-14(12)3)11-19(4)17-13(2)6-5-7-16(17)18/h5-10H,11,18H2,1-4H3. The lowest BCUT2D eigenvalue weighted by atomic mass is 10.1. The normalized spacial score (nSPS) is 10.5.